The summed E-state index contributed by atoms with van der Waals surface area (Å²) in [5, 5.41) is 17.4. The summed E-state index contributed by atoms with van der Waals surface area (Å²) in [5.41, 5.74) is -3.59. The number of hydrogen-bond donors (Lipinski definition) is 2. The van der Waals surface area contributed by atoms with Crippen molar-refractivity contribution < 1.29 is 45.7 Å². The molecule has 0 bridgehead atoms. The molecule has 3 aromatic rings. The van der Waals surface area contributed by atoms with E-state index in [-0.39, 0.29) is 44.4 Å². The molecular weight excluding hydrogens is 650 g/mol. The Bertz CT molecular complexity index is 1630. The van der Waals surface area contributed by atoms with Gasteiger partial charge in [-0.1, -0.05) is 12.1 Å². The third-order valence-electron chi connectivity index (χ3n) is 8.30. The predicted molar refractivity (Wildman–Crippen MR) is 161 cm³/mol. The van der Waals surface area contributed by atoms with Crippen LogP contribution in [0.15, 0.2) is 53.6 Å². The van der Waals surface area contributed by atoms with Gasteiger partial charge < -0.3 is 29.7 Å². The van der Waals surface area contributed by atoms with Crippen LogP contribution in [0.5, 0.6) is 5.75 Å². The Balaban J connectivity index is 1.16. The number of amides is 1. The molecule has 4 atom stereocenters. The molecule has 2 fully saturated rings. The number of halogens is 6. The van der Waals surface area contributed by atoms with E-state index in [2.05, 4.69) is 15.4 Å². The Labute approximate surface area is 271 Å². The number of anilines is 2. The first kappa shape index (κ1) is 34.9. The summed E-state index contributed by atoms with van der Waals surface area (Å²) < 4.78 is 92.3. The number of benzene rings is 1. The SMILES string of the molecule is COc1ccc(Cn2ncc(NC(C)COC3CCN([C@H]4CCN(c5ccc(C(F)(F)F)cn5)C[C@@H]4O)C3=O)c(C(F)(F)F)c2=O)cc1. The van der Waals surface area contributed by atoms with Gasteiger partial charge in [-0.25, -0.2) is 9.67 Å². The number of methoxy groups -OCH3 is 1. The van der Waals surface area contributed by atoms with E-state index in [0.717, 1.165) is 23.1 Å². The number of carbonyl (C=O) groups is 1. The first-order valence-corrected chi connectivity index (χ1v) is 15.1. The number of rotatable bonds is 10. The lowest BCUT2D eigenvalue weighted by Crippen LogP contribution is -2.55. The highest BCUT2D eigenvalue weighted by Gasteiger charge is 2.42. The molecule has 260 valence electrons. The molecule has 0 spiro atoms. The normalized spacial score (nSPS) is 21.0. The fourth-order valence-electron chi connectivity index (χ4n) is 5.85. The van der Waals surface area contributed by atoms with Gasteiger partial charge in [0.1, 0.15) is 23.2 Å². The zero-order chi connectivity index (χ0) is 34.8. The van der Waals surface area contributed by atoms with Crippen LogP contribution in [0.1, 0.15) is 36.5 Å². The number of aliphatic hydroxyl groups excluding tert-OH is 1. The molecule has 0 aliphatic carbocycles. The highest BCUT2D eigenvalue weighted by molar-refractivity contribution is 5.83. The molecule has 2 N–H and O–H groups in total. The highest BCUT2D eigenvalue weighted by Crippen LogP contribution is 2.33. The number of nitrogens with zero attached hydrogens (tertiary/aromatic N) is 5. The van der Waals surface area contributed by atoms with Gasteiger partial charge in [0, 0.05) is 38.3 Å². The van der Waals surface area contributed by atoms with E-state index in [4.69, 9.17) is 9.47 Å². The molecule has 1 aromatic carbocycles. The van der Waals surface area contributed by atoms with E-state index < -0.39 is 59.0 Å². The first-order valence-electron chi connectivity index (χ1n) is 15.1. The van der Waals surface area contributed by atoms with Crippen LogP contribution in [-0.4, -0.2) is 88.3 Å². The third kappa shape index (κ3) is 7.84. The van der Waals surface area contributed by atoms with Crippen LogP contribution in [0.25, 0.3) is 0 Å². The van der Waals surface area contributed by atoms with Gasteiger partial charge in [0.2, 0.25) is 0 Å². The Morgan fingerprint density at radius 2 is 1.73 bits per heavy atom. The van der Waals surface area contributed by atoms with Gasteiger partial charge in [-0.05, 0) is 43.2 Å². The molecule has 2 unspecified atom stereocenters. The molecule has 17 heteroatoms. The van der Waals surface area contributed by atoms with Gasteiger partial charge in [-0.2, -0.15) is 31.4 Å². The number of hydrogen-bond acceptors (Lipinski definition) is 9. The number of nitrogens with one attached hydrogen (secondary N) is 1. The van der Waals surface area contributed by atoms with Gasteiger partial charge >= 0.3 is 12.4 Å². The van der Waals surface area contributed by atoms with Crippen molar-refractivity contribution in [2.75, 3.05) is 43.6 Å². The number of likely N-dealkylation sites (tertiary alicyclic amines) is 1. The Kier molecular flexibility index (Phi) is 10.2. The van der Waals surface area contributed by atoms with Gasteiger partial charge in [-0.15, -0.1) is 0 Å². The summed E-state index contributed by atoms with van der Waals surface area (Å²) in [5.74, 6) is 0.439. The van der Waals surface area contributed by atoms with Crippen LogP contribution in [-0.2, 0) is 28.4 Å². The van der Waals surface area contributed by atoms with E-state index >= 15 is 0 Å². The number of pyridine rings is 1. The summed E-state index contributed by atoms with van der Waals surface area (Å²) in [6.45, 7) is 1.84. The standard InChI is InChI=1S/C31H34F6N6O5/c1-18(40-22-14-39-43(29(46)27(22)31(35,36)37)15-19-3-6-21(47-2)7-4-19)17-48-25-10-12-42(28(25)45)23-9-11-41(16-24(23)44)26-8-5-20(13-38-26)30(32,33)34/h3-8,13-14,18,23-25,40,44H,9-12,15-17H2,1-2H3/t18?,23-,24-,25?/m0/s1. The number of piperidine rings is 1. The lowest BCUT2D eigenvalue weighted by molar-refractivity contribution is -0.141. The summed E-state index contributed by atoms with van der Waals surface area (Å²) in [7, 11) is 1.47. The van der Waals surface area contributed by atoms with Gasteiger partial charge in [0.05, 0.1) is 49.9 Å². The van der Waals surface area contributed by atoms with Gasteiger partial charge in [-0.3, -0.25) is 9.59 Å². The highest BCUT2D eigenvalue weighted by atomic mass is 19.4. The molecule has 2 aromatic heterocycles. The average molecular weight is 685 g/mol. The maximum absolute atomic E-state index is 14.0. The van der Waals surface area contributed by atoms with E-state index in [9.17, 15) is 41.0 Å². The topological polar surface area (TPSA) is 122 Å². The zero-order valence-corrected chi connectivity index (χ0v) is 26.0. The first-order chi connectivity index (χ1) is 22.7. The predicted octanol–water partition coefficient (Wildman–Crippen LogP) is 3.79. The molecular formula is C31H34F6N6O5. The second-order valence-electron chi connectivity index (χ2n) is 11.7. The summed E-state index contributed by atoms with van der Waals surface area (Å²) >= 11 is 0. The number of ether oxygens (including phenoxy) is 2. The van der Waals surface area contributed by atoms with Crippen LogP contribution in [0, 0.1) is 0 Å². The molecule has 1 amide bonds. The minimum atomic E-state index is -4.98. The molecule has 2 aliphatic heterocycles. The monoisotopic (exact) mass is 684 g/mol. The lowest BCUT2D eigenvalue weighted by atomic mass is 10.00. The largest absolute Gasteiger partial charge is 0.497 e. The Hall–Kier alpha value is -4.38. The van der Waals surface area contributed by atoms with Crippen LogP contribution < -0.4 is 20.5 Å². The molecule has 0 saturated carbocycles. The van der Waals surface area contributed by atoms with Crippen molar-refractivity contribution in [2.45, 2.75) is 63.0 Å². The van der Waals surface area contributed by atoms with E-state index in [1.54, 1.807) is 29.2 Å². The molecule has 48 heavy (non-hydrogen) atoms. The van der Waals surface area contributed by atoms with Crippen LogP contribution in [0.3, 0.4) is 0 Å². The van der Waals surface area contributed by atoms with E-state index in [0.29, 0.717) is 24.3 Å². The molecule has 4 heterocycles. The van der Waals surface area contributed by atoms with Gasteiger partial charge in [0.25, 0.3) is 11.5 Å². The third-order valence-corrected chi connectivity index (χ3v) is 8.30. The minimum Gasteiger partial charge on any atom is -0.497 e. The fraction of sp³-hybridized carbons (Fsp3) is 0.484. The number of alkyl halides is 6. The maximum Gasteiger partial charge on any atom is 0.423 e. The van der Waals surface area contributed by atoms with Crippen molar-refractivity contribution in [1.29, 1.82) is 0 Å². The van der Waals surface area contributed by atoms with E-state index in [1.807, 2.05) is 0 Å². The van der Waals surface area contributed by atoms with Crippen molar-refractivity contribution in [2.24, 2.45) is 0 Å². The number of aromatic nitrogens is 3. The van der Waals surface area contributed by atoms with Crippen LogP contribution in [0.4, 0.5) is 37.8 Å². The summed E-state index contributed by atoms with van der Waals surface area (Å²) in [6.07, 6.45) is -9.12. The number of carbonyl (C=O) groups excluding carboxylic acids is 1. The Morgan fingerprint density at radius 3 is 2.33 bits per heavy atom. The smallest absolute Gasteiger partial charge is 0.423 e. The van der Waals surface area contributed by atoms with Crippen molar-refractivity contribution in [3.8, 4) is 5.75 Å². The molecule has 2 aliphatic rings. The molecule has 11 nitrogen and oxygen atoms in total. The van der Waals surface area contributed by atoms with Gasteiger partial charge in [0.15, 0.2) is 0 Å². The van der Waals surface area contributed by atoms with Crippen molar-refractivity contribution in [1.82, 2.24) is 19.7 Å². The number of aliphatic hydroxyl groups is 1. The maximum atomic E-state index is 14.0. The van der Waals surface area contributed by atoms with Crippen LogP contribution in [0.2, 0.25) is 0 Å². The second-order valence-corrected chi connectivity index (χ2v) is 11.7. The Morgan fingerprint density at radius 1 is 1.00 bits per heavy atom. The summed E-state index contributed by atoms with van der Waals surface area (Å²) in [4.78, 5) is 33.1. The zero-order valence-electron chi connectivity index (χ0n) is 26.0. The molecule has 2 saturated heterocycles. The quantitative estimate of drug-likeness (QED) is 0.308. The fourth-order valence-corrected chi connectivity index (χ4v) is 5.85. The number of β-amino-alcohol motifs (C(OH)–C–C–N with tert-alkyl or cyclic N) is 1. The molecule has 5 rings (SSSR count). The average Bonchev–Trinajstić information content (AvgIpc) is 3.40. The lowest BCUT2D eigenvalue weighted by Gasteiger charge is -2.40. The van der Waals surface area contributed by atoms with E-state index in [1.165, 1.54) is 25.0 Å². The van der Waals surface area contributed by atoms with Crippen LogP contribution >= 0.6 is 0 Å². The molecule has 0 radical (unpaired) electrons. The van der Waals surface area contributed by atoms with Crippen molar-refractivity contribution in [3.63, 3.8) is 0 Å². The van der Waals surface area contributed by atoms with Crippen molar-refractivity contribution >= 4 is 17.4 Å². The summed E-state index contributed by atoms with van der Waals surface area (Å²) in [6, 6.07) is 7.30. The second kappa shape index (κ2) is 14.0. The minimum absolute atomic E-state index is 0.0493. The van der Waals surface area contributed by atoms with Crippen molar-refractivity contribution in [3.05, 3.63) is 75.8 Å².